The van der Waals surface area contributed by atoms with E-state index in [1.54, 1.807) is 11.3 Å². The predicted octanol–water partition coefficient (Wildman–Crippen LogP) is 2.65. The SMILES string of the molecule is C#CCN(C)Cc1nc(C2(O)CCN(C(=O)CCc3ccccc3)CC2)cs1. The molecule has 1 amide bonds. The number of nitrogens with zero attached hydrogens (tertiary/aromatic N) is 3. The van der Waals surface area contributed by atoms with Crippen LogP contribution in [0.25, 0.3) is 0 Å². The third-order valence-electron chi connectivity index (χ3n) is 5.21. The largest absolute Gasteiger partial charge is 0.383 e. The molecule has 1 aromatic carbocycles. The molecule has 0 saturated carbocycles. The molecule has 0 atom stereocenters. The molecule has 1 saturated heterocycles. The average Bonchev–Trinajstić information content (AvgIpc) is 3.17. The summed E-state index contributed by atoms with van der Waals surface area (Å²) in [6.45, 7) is 2.37. The second kappa shape index (κ2) is 9.33. The van der Waals surface area contributed by atoms with E-state index in [9.17, 15) is 9.90 Å². The number of piperidine rings is 1. The molecule has 28 heavy (non-hydrogen) atoms. The van der Waals surface area contributed by atoms with E-state index >= 15 is 0 Å². The second-order valence-electron chi connectivity index (χ2n) is 7.40. The quantitative estimate of drug-likeness (QED) is 0.730. The summed E-state index contributed by atoms with van der Waals surface area (Å²) in [5, 5.41) is 13.9. The number of benzene rings is 1. The van der Waals surface area contributed by atoms with Gasteiger partial charge in [0.05, 0.1) is 18.8 Å². The third kappa shape index (κ3) is 5.20. The molecular weight excluding hydrogens is 370 g/mol. The number of likely N-dealkylation sites (tertiary alicyclic amines) is 1. The molecule has 1 fully saturated rings. The van der Waals surface area contributed by atoms with Crippen LogP contribution in [0.4, 0.5) is 0 Å². The highest BCUT2D eigenvalue weighted by atomic mass is 32.1. The number of hydrogen-bond donors (Lipinski definition) is 1. The van der Waals surface area contributed by atoms with Gasteiger partial charge in [-0.05, 0) is 31.9 Å². The first-order valence-corrected chi connectivity index (χ1v) is 10.5. The van der Waals surface area contributed by atoms with Gasteiger partial charge in [-0.15, -0.1) is 17.8 Å². The smallest absolute Gasteiger partial charge is 0.222 e. The van der Waals surface area contributed by atoms with Gasteiger partial charge < -0.3 is 10.0 Å². The summed E-state index contributed by atoms with van der Waals surface area (Å²) >= 11 is 1.55. The predicted molar refractivity (Wildman–Crippen MR) is 112 cm³/mol. The van der Waals surface area contributed by atoms with Crippen molar-refractivity contribution in [3.05, 3.63) is 52.0 Å². The van der Waals surface area contributed by atoms with Crippen molar-refractivity contribution >= 4 is 17.2 Å². The molecule has 1 N–H and O–H groups in total. The normalized spacial score (nSPS) is 16.1. The number of carbonyl (C=O) groups excluding carboxylic acids is 1. The number of aromatic nitrogens is 1. The van der Waals surface area contributed by atoms with Crippen LogP contribution in [0, 0.1) is 12.3 Å². The lowest BCUT2D eigenvalue weighted by Crippen LogP contribution is -2.45. The molecule has 3 rings (SSSR count). The number of aliphatic hydroxyl groups is 1. The monoisotopic (exact) mass is 397 g/mol. The number of aryl methyl sites for hydroxylation is 1. The van der Waals surface area contributed by atoms with Crippen molar-refractivity contribution in [2.45, 2.75) is 37.8 Å². The summed E-state index contributed by atoms with van der Waals surface area (Å²) in [7, 11) is 1.95. The number of hydrogen-bond acceptors (Lipinski definition) is 5. The Hall–Kier alpha value is -2.20. The lowest BCUT2D eigenvalue weighted by atomic mass is 9.88. The molecule has 0 bridgehead atoms. The zero-order chi connectivity index (χ0) is 20.0. The van der Waals surface area contributed by atoms with Gasteiger partial charge in [-0.2, -0.15) is 0 Å². The van der Waals surface area contributed by atoms with Crippen LogP contribution in [-0.2, 0) is 23.4 Å². The average molecular weight is 398 g/mol. The fourth-order valence-electron chi connectivity index (χ4n) is 3.48. The fraction of sp³-hybridized carbons (Fsp3) is 0.455. The van der Waals surface area contributed by atoms with Crippen molar-refractivity contribution in [2.75, 3.05) is 26.7 Å². The van der Waals surface area contributed by atoms with Gasteiger partial charge in [-0.1, -0.05) is 36.3 Å². The summed E-state index contributed by atoms with van der Waals surface area (Å²) in [5.74, 6) is 2.77. The van der Waals surface area contributed by atoms with Crippen LogP contribution < -0.4 is 0 Å². The highest BCUT2D eigenvalue weighted by Crippen LogP contribution is 2.33. The minimum absolute atomic E-state index is 0.153. The molecule has 0 unspecified atom stereocenters. The van der Waals surface area contributed by atoms with Crippen molar-refractivity contribution in [1.82, 2.24) is 14.8 Å². The Morgan fingerprint density at radius 1 is 1.36 bits per heavy atom. The van der Waals surface area contributed by atoms with Gasteiger partial charge in [-0.3, -0.25) is 9.69 Å². The van der Waals surface area contributed by atoms with Crippen molar-refractivity contribution < 1.29 is 9.90 Å². The summed E-state index contributed by atoms with van der Waals surface area (Å²) < 4.78 is 0. The highest BCUT2D eigenvalue weighted by molar-refractivity contribution is 7.09. The molecular formula is C22H27N3O2S. The Kier molecular flexibility index (Phi) is 6.84. The first kappa shape index (κ1) is 20.5. The molecule has 6 heteroatoms. The maximum absolute atomic E-state index is 12.5. The first-order valence-electron chi connectivity index (χ1n) is 9.61. The van der Waals surface area contributed by atoms with Gasteiger partial charge in [0.15, 0.2) is 0 Å². The van der Waals surface area contributed by atoms with Gasteiger partial charge in [0.25, 0.3) is 0 Å². The van der Waals surface area contributed by atoms with E-state index in [-0.39, 0.29) is 5.91 Å². The van der Waals surface area contributed by atoms with E-state index in [0.29, 0.717) is 45.4 Å². The van der Waals surface area contributed by atoms with E-state index in [4.69, 9.17) is 6.42 Å². The first-order chi connectivity index (χ1) is 13.5. The van der Waals surface area contributed by atoms with Crippen LogP contribution in [0.3, 0.4) is 0 Å². The van der Waals surface area contributed by atoms with Crippen molar-refractivity contribution in [3.8, 4) is 12.3 Å². The van der Waals surface area contributed by atoms with Crippen molar-refractivity contribution in [1.29, 1.82) is 0 Å². The third-order valence-corrected chi connectivity index (χ3v) is 6.04. The number of terminal acetylenes is 1. The Morgan fingerprint density at radius 3 is 2.75 bits per heavy atom. The van der Waals surface area contributed by atoms with Crippen LogP contribution in [0.1, 0.15) is 35.5 Å². The number of rotatable bonds is 7. The molecule has 5 nitrogen and oxygen atoms in total. The minimum atomic E-state index is -0.949. The van der Waals surface area contributed by atoms with Crippen LogP contribution >= 0.6 is 11.3 Å². The van der Waals surface area contributed by atoms with Gasteiger partial charge in [0, 0.05) is 24.9 Å². The van der Waals surface area contributed by atoms with Gasteiger partial charge >= 0.3 is 0 Å². The Morgan fingerprint density at radius 2 is 2.07 bits per heavy atom. The number of thiazole rings is 1. The summed E-state index contributed by atoms with van der Waals surface area (Å²) in [5.41, 5.74) is 0.947. The lowest BCUT2D eigenvalue weighted by molar-refractivity contribution is -0.135. The summed E-state index contributed by atoms with van der Waals surface area (Å²) in [6, 6.07) is 10.1. The van der Waals surface area contributed by atoms with Crippen LogP contribution in [0.15, 0.2) is 35.7 Å². The lowest BCUT2D eigenvalue weighted by Gasteiger charge is -2.37. The number of amides is 1. The van der Waals surface area contributed by atoms with E-state index in [1.807, 2.05) is 52.6 Å². The standard InChI is InChI=1S/C22H27N3O2S/c1-3-13-24(2)16-20-23-19(17-28-20)22(27)11-14-25(15-12-22)21(26)10-9-18-7-5-4-6-8-18/h1,4-8,17,27H,9-16H2,2H3. The van der Waals surface area contributed by atoms with Crippen LogP contribution in [-0.4, -0.2) is 52.5 Å². The summed E-state index contributed by atoms with van der Waals surface area (Å²) in [4.78, 5) is 21.0. The van der Waals surface area contributed by atoms with E-state index in [1.165, 1.54) is 5.56 Å². The maximum Gasteiger partial charge on any atom is 0.222 e. The molecule has 148 valence electrons. The molecule has 0 spiro atoms. The van der Waals surface area contributed by atoms with Crippen molar-refractivity contribution in [3.63, 3.8) is 0 Å². The Bertz CT molecular complexity index is 820. The fourth-order valence-corrected chi connectivity index (χ4v) is 4.44. The van der Waals surface area contributed by atoms with Crippen LogP contribution in [0.5, 0.6) is 0 Å². The second-order valence-corrected chi connectivity index (χ2v) is 8.34. The van der Waals surface area contributed by atoms with Crippen LogP contribution in [0.2, 0.25) is 0 Å². The molecule has 2 aromatic rings. The van der Waals surface area contributed by atoms with E-state index < -0.39 is 5.60 Å². The molecule has 1 aromatic heterocycles. The Labute approximate surface area is 171 Å². The molecule has 0 aliphatic carbocycles. The molecule has 1 aliphatic rings. The van der Waals surface area contributed by atoms with Gasteiger partial charge in [0.2, 0.25) is 5.91 Å². The zero-order valence-corrected chi connectivity index (χ0v) is 17.1. The van der Waals surface area contributed by atoms with E-state index in [0.717, 1.165) is 17.1 Å². The van der Waals surface area contributed by atoms with Gasteiger partial charge in [-0.25, -0.2) is 4.98 Å². The Balaban J connectivity index is 1.51. The topological polar surface area (TPSA) is 56.7 Å². The van der Waals surface area contributed by atoms with E-state index in [2.05, 4.69) is 10.9 Å². The maximum atomic E-state index is 12.5. The molecule has 0 radical (unpaired) electrons. The minimum Gasteiger partial charge on any atom is -0.383 e. The summed E-state index contributed by atoms with van der Waals surface area (Å²) in [6.07, 6.45) is 7.64. The number of carbonyl (C=O) groups is 1. The molecule has 1 aliphatic heterocycles. The van der Waals surface area contributed by atoms with Gasteiger partial charge in [0.1, 0.15) is 10.6 Å². The highest BCUT2D eigenvalue weighted by Gasteiger charge is 2.37. The zero-order valence-electron chi connectivity index (χ0n) is 16.3. The molecule has 2 heterocycles. The van der Waals surface area contributed by atoms with Crippen molar-refractivity contribution in [2.24, 2.45) is 0 Å².